The fourth-order valence-corrected chi connectivity index (χ4v) is 2.42. The van der Waals surface area contributed by atoms with Crippen LogP contribution in [0, 0.1) is 0 Å². The van der Waals surface area contributed by atoms with Gasteiger partial charge in [0.15, 0.2) is 0 Å². The Balaban J connectivity index is 2.05. The average Bonchev–Trinajstić information content (AvgIpc) is 2.93. The van der Waals surface area contributed by atoms with Gasteiger partial charge in [0.05, 0.1) is 23.8 Å². The minimum absolute atomic E-state index is 0.231. The van der Waals surface area contributed by atoms with Crippen molar-refractivity contribution in [1.29, 1.82) is 0 Å². The fraction of sp³-hybridized carbons (Fsp3) is 0.385. The Labute approximate surface area is 104 Å². The number of ether oxygens (including phenoxy) is 1. The molecule has 18 heavy (non-hydrogen) atoms. The lowest BCUT2D eigenvalue weighted by atomic mass is 10.1. The van der Waals surface area contributed by atoms with Crippen molar-refractivity contribution >= 4 is 17.0 Å². The molecule has 0 amide bonds. The Bertz CT molecular complexity index is 605. The van der Waals surface area contributed by atoms with Crippen LogP contribution in [-0.4, -0.2) is 33.8 Å². The Kier molecular flexibility index (Phi) is 2.56. The van der Waals surface area contributed by atoms with Crippen LogP contribution in [-0.2, 0) is 4.74 Å². The number of aromatic carboxylic acids is 1. The van der Waals surface area contributed by atoms with E-state index in [2.05, 4.69) is 9.97 Å². The molecule has 2 heterocycles. The second-order valence-electron chi connectivity index (χ2n) is 4.71. The molecule has 1 saturated heterocycles. The predicted molar refractivity (Wildman–Crippen MR) is 65.8 cm³/mol. The van der Waals surface area contributed by atoms with E-state index >= 15 is 0 Å². The number of hydrogen-bond donors (Lipinski definition) is 2. The molecule has 0 saturated carbocycles. The number of benzene rings is 1. The summed E-state index contributed by atoms with van der Waals surface area (Å²) >= 11 is 0. The van der Waals surface area contributed by atoms with Gasteiger partial charge in [0.1, 0.15) is 11.3 Å². The van der Waals surface area contributed by atoms with E-state index in [-0.39, 0.29) is 17.6 Å². The Morgan fingerprint density at radius 3 is 3.06 bits per heavy atom. The van der Waals surface area contributed by atoms with Crippen LogP contribution < -0.4 is 0 Å². The molecule has 0 spiro atoms. The van der Waals surface area contributed by atoms with E-state index in [1.807, 2.05) is 13.0 Å². The molecular formula is C13H14N2O3. The first-order chi connectivity index (χ1) is 8.65. The van der Waals surface area contributed by atoms with Crippen LogP contribution in [0.5, 0.6) is 0 Å². The van der Waals surface area contributed by atoms with Crippen molar-refractivity contribution in [3.8, 4) is 0 Å². The SMILES string of the molecule is CC1CC(c2nc3c(C(=O)O)cccc3[nH]2)CO1. The van der Waals surface area contributed by atoms with Crippen LogP contribution in [0.4, 0.5) is 0 Å². The topological polar surface area (TPSA) is 75.2 Å². The van der Waals surface area contributed by atoms with Crippen LogP contribution in [0.2, 0.25) is 0 Å². The number of para-hydroxylation sites is 1. The normalized spacial score (nSPS) is 23.6. The van der Waals surface area contributed by atoms with Crippen molar-refractivity contribution in [3.63, 3.8) is 0 Å². The lowest BCUT2D eigenvalue weighted by molar-refractivity contribution is 0.0699. The van der Waals surface area contributed by atoms with E-state index in [1.165, 1.54) is 0 Å². The molecule has 1 aliphatic rings. The first-order valence-electron chi connectivity index (χ1n) is 5.98. The highest BCUT2D eigenvalue weighted by atomic mass is 16.5. The highest BCUT2D eigenvalue weighted by molar-refractivity contribution is 6.00. The quantitative estimate of drug-likeness (QED) is 0.851. The molecule has 5 nitrogen and oxygen atoms in total. The molecule has 0 bridgehead atoms. The van der Waals surface area contributed by atoms with Crippen molar-refractivity contribution < 1.29 is 14.6 Å². The van der Waals surface area contributed by atoms with Crippen LogP contribution in [0.3, 0.4) is 0 Å². The summed E-state index contributed by atoms with van der Waals surface area (Å²) in [7, 11) is 0. The number of aromatic nitrogens is 2. The Hall–Kier alpha value is -1.88. The molecule has 94 valence electrons. The summed E-state index contributed by atoms with van der Waals surface area (Å²) in [4.78, 5) is 18.8. The summed E-state index contributed by atoms with van der Waals surface area (Å²) in [5.74, 6) is 0.104. The minimum atomic E-state index is -0.949. The number of carbonyl (C=O) groups is 1. The van der Waals surface area contributed by atoms with Gasteiger partial charge < -0.3 is 14.8 Å². The fourth-order valence-electron chi connectivity index (χ4n) is 2.42. The monoisotopic (exact) mass is 246 g/mol. The molecule has 0 aliphatic carbocycles. The molecule has 2 unspecified atom stereocenters. The largest absolute Gasteiger partial charge is 0.478 e. The third-order valence-electron chi connectivity index (χ3n) is 3.35. The highest BCUT2D eigenvalue weighted by Gasteiger charge is 2.26. The Morgan fingerprint density at radius 2 is 2.39 bits per heavy atom. The zero-order chi connectivity index (χ0) is 12.7. The third kappa shape index (κ3) is 1.76. The van der Waals surface area contributed by atoms with Gasteiger partial charge in [0, 0.05) is 5.92 Å². The Morgan fingerprint density at radius 1 is 1.56 bits per heavy atom. The molecule has 0 radical (unpaired) electrons. The number of imidazole rings is 1. The van der Waals surface area contributed by atoms with Gasteiger partial charge in [0.2, 0.25) is 0 Å². The van der Waals surface area contributed by atoms with E-state index in [9.17, 15) is 4.79 Å². The zero-order valence-corrected chi connectivity index (χ0v) is 10.0. The number of carboxylic acids is 1. The maximum absolute atomic E-state index is 11.1. The van der Waals surface area contributed by atoms with Crippen molar-refractivity contribution in [3.05, 3.63) is 29.6 Å². The van der Waals surface area contributed by atoms with Crippen molar-refractivity contribution in [2.24, 2.45) is 0 Å². The van der Waals surface area contributed by atoms with Gasteiger partial charge in [-0.2, -0.15) is 0 Å². The van der Waals surface area contributed by atoms with Gasteiger partial charge in [-0.3, -0.25) is 0 Å². The van der Waals surface area contributed by atoms with Crippen molar-refractivity contribution in [1.82, 2.24) is 9.97 Å². The molecule has 5 heteroatoms. The molecule has 2 aromatic rings. The second-order valence-corrected chi connectivity index (χ2v) is 4.71. The lowest BCUT2D eigenvalue weighted by Gasteiger charge is -2.01. The lowest BCUT2D eigenvalue weighted by Crippen LogP contribution is -2.00. The van der Waals surface area contributed by atoms with Gasteiger partial charge in [-0.05, 0) is 25.5 Å². The maximum atomic E-state index is 11.1. The molecule has 1 fully saturated rings. The highest BCUT2D eigenvalue weighted by Crippen LogP contribution is 2.29. The number of rotatable bonds is 2. The van der Waals surface area contributed by atoms with Crippen LogP contribution in [0.15, 0.2) is 18.2 Å². The summed E-state index contributed by atoms with van der Waals surface area (Å²) in [6.07, 6.45) is 1.16. The average molecular weight is 246 g/mol. The van der Waals surface area contributed by atoms with Crippen LogP contribution in [0.1, 0.15) is 35.4 Å². The number of fused-ring (bicyclic) bond motifs is 1. The number of H-pyrrole nitrogens is 1. The number of nitrogens with one attached hydrogen (secondary N) is 1. The standard InChI is InChI=1S/C13H14N2O3/c1-7-5-8(6-18-7)12-14-10-4-2-3-9(13(16)17)11(10)15-12/h2-4,7-8H,5-6H2,1H3,(H,14,15)(H,16,17). The number of aromatic amines is 1. The molecule has 1 aromatic heterocycles. The molecule has 1 aromatic carbocycles. The van der Waals surface area contributed by atoms with Gasteiger partial charge in [-0.15, -0.1) is 0 Å². The van der Waals surface area contributed by atoms with Crippen LogP contribution in [0.25, 0.3) is 11.0 Å². The second kappa shape index (κ2) is 4.10. The smallest absolute Gasteiger partial charge is 0.337 e. The maximum Gasteiger partial charge on any atom is 0.337 e. The number of nitrogens with zero attached hydrogens (tertiary/aromatic N) is 1. The van der Waals surface area contributed by atoms with Gasteiger partial charge in [-0.1, -0.05) is 6.07 Å². The van der Waals surface area contributed by atoms with Crippen molar-refractivity contribution in [2.75, 3.05) is 6.61 Å². The molecular weight excluding hydrogens is 232 g/mol. The molecule has 2 N–H and O–H groups in total. The first kappa shape index (κ1) is 11.2. The van der Waals surface area contributed by atoms with Gasteiger partial charge >= 0.3 is 5.97 Å². The van der Waals surface area contributed by atoms with E-state index in [0.29, 0.717) is 12.1 Å². The summed E-state index contributed by atoms with van der Waals surface area (Å²) in [6, 6.07) is 5.14. The number of hydrogen-bond acceptors (Lipinski definition) is 3. The van der Waals surface area contributed by atoms with E-state index in [1.54, 1.807) is 12.1 Å². The van der Waals surface area contributed by atoms with E-state index in [4.69, 9.17) is 9.84 Å². The summed E-state index contributed by atoms with van der Waals surface area (Å²) in [6.45, 7) is 2.68. The summed E-state index contributed by atoms with van der Waals surface area (Å²) in [5.41, 5.74) is 1.53. The molecule has 2 atom stereocenters. The zero-order valence-electron chi connectivity index (χ0n) is 10.0. The van der Waals surface area contributed by atoms with Gasteiger partial charge in [0.25, 0.3) is 0 Å². The van der Waals surface area contributed by atoms with E-state index < -0.39 is 5.97 Å². The van der Waals surface area contributed by atoms with E-state index in [0.717, 1.165) is 17.8 Å². The van der Waals surface area contributed by atoms with Gasteiger partial charge in [-0.25, -0.2) is 9.78 Å². The van der Waals surface area contributed by atoms with Crippen LogP contribution >= 0.6 is 0 Å². The molecule has 3 rings (SSSR count). The summed E-state index contributed by atoms with van der Waals surface area (Å²) in [5, 5.41) is 9.12. The third-order valence-corrected chi connectivity index (χ3v) is 3.35. The van der Waals surface area contributed by atoms with Crippen molar-refractivity contribution in [2.45, 2.75) is 25.4 Å². The first-order valence-corrected chi connectivity index (χ1v) is 5.98. The molecule has 1 aliphatic heterocycles. The summed E-state index contributed by atoms with van der Waals surface area (Å²) < 4.78 is 5.52. The predicted octanol–water partition coefficient (Wildman–Crippen LogP) is 2.15. The number of carboxylic acid groups (broad SMARTS) is 1. The minimum Gasteiger partial charge on any atom is -0.478 e.